The molecule has 0 amide bonds. The molecule has 0 spiro atoms. The first-order valence-corrected chi connectivity index (χ1v) is 8.54. The predicted molar refractivity (Wildman–Crippen MR) is 101 cm³/mol. The molecule has 1 aliphatic rings. The van der Waals surface area contributed by atoms with E-state index in [-0.39, 0.29) is 0 Å². The van der Waals surface area contributed by atoms with Gasteiger partial charge in [-0.1, -0.05) is 23.7 Å². The molecular formula is C17H13ClIN3. The standard InChI is InChI=1S/C17H13ClIN3/c18-11-3-6-14-13(9-11)15(17-20-7-8-21-17)16(22-14)10-1-4-12(19)5-2-10/h1-6,9,22H,7-8H2,(H,20,21). The van der Waals surface area contributed by atoms with Crippen LogP contribution in [0.15, 0.2) is 47.5 Å². The molecule has 0 atom stereocenters. The zero-order chi connectivity index (χ0) is 15.1. The fourth-order valence-electron chi connectivity index (χ4n) is 2.81. The van der Waals surface area contributed by atoms with Gasteiger partial charge in [-0.3, -0.25) is 4.99 Å². The zero-order valence-corrected chi connectivity index (χ0v) is 14.6. The Morgan fingerprint density at radius 2 is 1.91 bits per heavy atom. The van der Waals surface area contributed by atoms with Gasteiger partial charge in [0.05, 0.1) is 12.2 Å². The Balaban J connectivity index is 2.00. The summed E-state index contributed by atoms with van der Waals surface area (Å²) in [5.41, 5.74) is 4.42. The van der Waals surface area contributed by atoms with Gasteiger partial charge in [0, 0.05) is 31.6 Å². The third kappa shape index (κ3) is 2.40. The number of hydrogen-bond acceptors (Lipinski definition) is 2. The SMILES string of the molecule is Clc1ccc2[nH]c(-c3ccc(I)cc3)c(C3=NCCN3)c2c1. The number of hydrogen-bond donors (Lipinski definition) is 2. The van der Waals surface area contributed by atoms with Crippen LogP contribution in [0.3, 0.4) is 0 Å². The summed E-state index contributed by atoms with van der Waals surface area (Å²) in [5.74, 6) is 0.946. The van der Waals surface area contributed by atoms with Crippen LogP contribution in [0.25, 0.3) is 22.2 Å². The number of aliphatic imine (C=N–C) groups is 1. The number of aromatic nitrogens is 1. The van der Waals surface area contributed by atoms with Gasteiger partial charge in [0.15, 0.2) is 0 Å². The van der Waals surface area contributed by atoms with Crippen molar-refractivity contribution in [3.05, 3.63) is 56.6 Å². The van der Waals surface area contributed by atoms with Crippen molar-refractivity contribution in [2.45, 2.75) is 0 Å². The first-order valence-electron chi connectivity index (χ1n) is 7.08. The maximum atomic E-state index is 6.20. The molecule has 1 aromatic heterocycles. The molecule has 110 valence electrons. The van der Waals surface area contributed by atoms with Crippen molar-refractivity contribution in [2.24, 2.45) is 4.99 Å². The predicted octanol–water partition coefficient (Wildman–Crippen LogP) is 4.44. The molecule has 2 heterocycles. The lowest BCUT2D eigenvalue weighted by molar-refractivity contribution is 0.960. The summed E-state index contributed by atoms with van der Waals surface area (Å²) in [7, 11) is 0. The van der Waals surface area contributed by atoms with Crippen molar-refractivity contribution in [3.63, 3.8) is 0 Å². The Kier molecular flexibility index (Phi) is 3.58. The van der Waals surface area contributed by atoms with Gasteiger partial charge < -0.3 is 10.3 Å². The lowest BCUT2D eigenvalue weighted by Crippen LogP contribution is -2.19. The largest absolute Gasteiger partial charge is 0.368 e. The monoisotopic (exact) mass is 421 g/mol. The molecule has 0 fully saturated rings. The molecule has 5 heteroatoms. The minimum absolute atomic E-state index is 0.737. The van der Waals surface area contributed by atoms with Crippen LogP contribution >= 0.6 is 34.2 Å². The van der Waals surface area contributed by atoms with E-state index >= 15 is 0 Å². The van der Waals surface area contributed by atoms with Crippen LogP contribution in [0.2, 0.25) is 5.02 Å². The molecular weight excluding hydrogens is 409 g/mol. The zero-order valence-electron chi connectivity index (χ0n) is 11.7. The average molecular weight is 422 g/mol. The quantitative estimate of drug-likeness (QED) is 0.590. The molecule has 0 unspecified atom stereocenters. The number of H-pyrrole nitrogens is 1. The van der Waals surface area contributed by atoms with Gasteiger partial charge in [0.1, 0.15) is 5.84 Å². The highest BCUT2D eigenvalue weighted by Crippen LogP contribution is 2.32. The fraction of sp³-hybridized carbons (Fsp3) is 0.118. The summed E-state index contributed by atoms with van der Waals surface area (Å²) in [6.07, 6.45) is 0. The summed E-state index contributed by atoms with van der Waals surface area (Å²) in [4.78, 5) is 8.12. The molecule has 0 radical (unpaired) electrons. The van der Waals surface area contributed by atoms with Crippen LogP contribution in [0.1, 0.15) is 5.56 Å². The van der Waals surface area contributed by atoms with Gasteiger partial charge in [-0.25, -0.2) is 0 Å². The molecule has 3 nitrogen and oxygen atoms in total. The van der Waals surface area contributed by atoms with Crippen molar-refractivity contribution in [1.82, 2.24) is 10.3 Å². The molecule has 2 aromatic carbocycles. The van der Waals surface area contributed by atoms with Crippen LogP contribution in [0.5, 0.6) is 0 Å². The fourth-order valence-corrected chi connectivity index (χ4v) is 3.34. The maximum absolute atomic E-state index is 6.20. The van der Waals surface area contributed by atoms with E-state index in [2.05, 4.69) is 62.1 Å². The van der Waals surface area contributed by atoms with E-state index in [4.69, 9.17) is 11.6 Å². The number of fused-ring (bicyclic) bond motifs is 1. The van der Waals surface area contributed by atoms with Crippen LogP contribution in [0.4, 0.5) is 0 Å². The lowest BCUT2D eigenvalue weighted by Gasteiger charge is -2.06. The second-order valence-electron chi connectivity index (χ2n) is 5.23. The van der Waals surface area contributed by atoms with Crippen LogP contribution in [-0.2, 0) is 0 Å². The highest BCUT2D eigenvalue weighted by Gasteiger charge is 2.20. The average Bonchev–Trinajstić information content (AvgIpc) is 3.14. The molecule has 2 N–H and O–H groups in total. The summed E-state index contributed by atoms with van der Waals surface area (Å²) in [5, 5.41) is 5.22. The molecule has 0 saturated heterocycles. The number of nitrogens with zero attached hydrogens (tertiary/aromatic N) is 1. The number of nitrogens with one attached hydrogen (secondary N) is 2. The minimum Gasteiger partial charge on any atom is -0.368 e. The molecule has 22 heavy (non-hydrogen) atoms. The van der Waals surface area contributed by atoms with Crippen molar-refractivity contribution in [3.8, 4) is 11.3 Å². The Labute approximate surface area is 146 Å². The summed E-state index contributed by atoms with van der Waals surface area (Å²) < 4.78 is 1.22. The van der Waals surface area contributed by atoms with Crippen LogP contribution in [0, 0.1) is 3.57 Å². The third-order valence-corrected chi connectivity index (χ3v) is 4.76. The van der Waals surface area contributed by atoms with E-state index in [1.165, 1.54) is 3.57 Å². The van der Waals surface area contributed by atoms with Gasteiger partial charge in [-0.05, 0) is 58.5 Å². The van der Waals surface area contributed by atoms with Crippen molar-refractivity contribution >= 4 is 50.9 Å². The van der Waals surface area contributed by atoms with E-state index < -0.39 is 0 Å². The van der Waals surface area contributed by atoms with E-state index in [0.717, 1.165) is 51.7 Å². The highest BCUT2D eigenvalue weighted by molar-refractivity contribution is 14.1. The van der Waals surface area contributed by atoms with Gasteiger partial charge in [-0.2, -0.15) is 0 Å². The second-order valence-corrected chi connectivity index (χ2v) is 6.91. The Morgan fingerprint density at radius 1 is 1.09 bits per heavy atom. The maximum Gasteiger partial charge on any atom is 0.131 e. The molecule has 0 bridgehead atoms. The summed E-state index contributed by atoms with van der Waals surface area (Å²) in [6.45, 7) is 1.70. The Hall–Kier alpha value is -1.53. The van der Waals surface area contributed by atoms with Gasteiger partial charge in [0.2, 0.25) is 0 Å². The molecule has 0 aliphatic carbocycles. The Bertz CT molecular complexity index is 881. The number of halogens is 2. The molecule has 4 rings (SSSR count). The van der Waals surface area contributed by atoms with Gasteiger partial charge in [0.25, 0.3) is 0 Å². The molecule has 1 aliphatic heterocycles. The normalized spacial score (nSPS) is 14.2. The number of benzene rings is 2. The van der Waals surface area contributed by atoms with Crippen molar-refractivity contribution in [2.75, 3.05) is 13.1 Å². The first-order chi connectivity index (χ1) is 10.7. The first kappa shape index (κ1) is 14.1. The van der Waals surface area contributed by atoms with Crippen LogP contribution in [-0.4, -0.2) is 23.9 Å². The van der Waals surface area contributed by atoms with Crippen molar-refractivity contribution in [1.29, 1.82) is 0 Å². The van der Waals surface area contributed by atoms with Crippen LogP contribution < -0.4 is 5.32 Å². The number of amidine groups is 1. The number of rotatable bonds is 2. The Morgan fingerprint density at radius 3 is 2.64 bits per heavy atom. The highest BCUT2D eigenvalue weighted by atomic mass is 127. The van der Waals surface area contributed by atoms with Gasteiger partial charge >= 0.3 is 0 Å². The number of aromatic amines is 1. The third-order valence-electron chi connectivity index (χ3n) is 3.80. The van der Waals surface area contributed by atoms with Crippen molar-refractivity contribution < 1.29 is 0 Å². The lowest BCUT2D eigenvalue weighted by atomic mass is 10.0. The summed E-state index contributed by atoms with van der Waals surface area (Å²) >= 11 is 8.52. The van der Waals surface area contributed by atoms with Gasteiger partial charge in [-0.15, -0.1) is 0 Å². The second kappa shape index (κ2) is 5.59. The minimum atomic E-state index is 0.737. The molecule has 0 saturated carbocycles. The van der Waals surface area contributed by atoms with E-state index in [1.54, 1.807) is 0 Å². The summed E-state index contributed by atoms with van der Waals surface area (Å²) in [6, 6.07) is 14.4. The van der Waals surface area contributed by atoms with E-state index in [0.29, 0.717) is 0 Å². The smallest absolute Gasteiger partial charge is 0.131 e. The molecule has 3 aromatic rings. The van der Waals surface area contributed by atoms with E-state index in [9.17, 15) is 0 Å². The van der Waals surface area contributed by atoms with E-state index in [1.807, 2.05) is 18.2 Å². The topological polar surface area (TPSA) is 40.2 Å².